The normalized spacial score (nSPS) is 10.9. The maximum absolute atomic E-state index is 12.4. The Morgan fingerprint density at radius 3 is 2.47 bits per heavy atom. The van der Waals surface area contributed by atoms with Gasteiger partial charge in [-0.15, -0.1) is 11.3 Å². The smallest absolute Gasteiger partial charge is 0.348 e. The van der Waals surface area contributed by atoms with Gasteiger partial charge < -0.3 is 23.9 Å². The minimum absolute atomic E-state index is 0.0467. The van der Waals surface area contributed by atoms with Crippen molar-refractivity contribution in [3.05, 3.63) is 52.2 Å². The van der Waals surface area contributed by atoms with Crippen LogP contribution in [0.5, 0.6) is 0 Å². The number of nitrogens with one attached hydrogen (secondary N) is 1. The Bertz CT molecular complexity index is 1220. The highest BCUT2D eigenvalue weighted by atomic mass is 32.1. The van der Waals surface area contributed by atoms with E-state index in [2.05, 4.69) is 10.3 Å². The summed E-state index contributed by atoms with van der Waals surface area (Å²) in [6.45, 7) is 4.49. The average Bonchev–Trinajstić information content (AvgIpc) is 3.37. The molecule has 0 radical (unpaired) electrons. The van der Waals surface area contributed by atoms with Crippen molar-refractivity contribution >= 4 is 57.3 Å². The van der Waals surface area contributed by atoms with Crippen LogP contribution in [0.2, 0.25) is 0 Å². The molecule has 0 aliphatic rings. The Labute approximate surface area is 198 Å². The summed E-state index contributed by atoms with van der Waals surface area (Å²) in [6.07, 6.45) is 2.41. The van der Waals surface area contributed by atoms with Crippen molar-refractivity contribution in [1.82, 2.24) is 4.98 Å². The Morgan fingerprint density at radius 2 is 1.76 bits per heavy atom. The molecule has 0 saturated carbocycles. The number of hydrogen-bond acceptors (Lipinski definition) is 10. The first-order chi connectivity index (χ1) is 16.3. The van der Waals surface area contributed by atoms with E-state index in [1.807, 2.05) is 6.07 Å². The molecule has 1 aromatic carbocycles. The molecule has 0 bridgehead atoms. The van der Waals surface area contributed by atoms with Crippen LogP contribution in [0.4, 0.5) is 5.00 Å². The Balaban J connectivity index is 1.65. The molecule has 0 aliphatic carbocycles. The van der Waals surface area contributed by atoms with Gasteiger partial charge in [-0.1, -0.05) is 12.1 Å². The molecular formula is C23H22N2O8S. The predicted molar refractivity (Wildman–Crippen MR) is 124 cm³/mol. The van der Waals surface area contributed by atoms with Gasteiger partial charge in [0, 0.05) is 12.2 Å². The lowest BCUT2D eigenvalue weighted by atomic mass is 10.1. The van der Waals surface area contributed by atoms with E-state index in [9.17, 15) is 19.2 Å². The average molecular weight is 487 g/mol. The van der Waals surface area contributed by atoms with Crippen molar-refractivity contribution in [2.24, 2.45) is 0 Å². The first-order valence-corrected chi connectivity index (χ1v) is 11.1. The monoisotopic (exact) mass is 486 g/mol. The highest BCUT2D eigenvalue weighted by Gasteiger charge is 2.27. The first-order valence-electron chi connectivity index (χ1n) is 10.3. The van der Waals surface area contributed by atoms with Crippen LogP contribution in [-0.2, 0) is 23.8 Å². The molecule has 178 valence electrons. The fourth-order valence-electron chi connectivity index (χ4n) is 2.89. The number of oxazole rings is 1. The molecule has 0 atom stereocenters. The van der Waals surface area contributed by atoms with E-state index in [-0.39, 0.29) is 34.5 Å². The number of carbonyl (C=O) groups is 4. The summed E-state index contributed by atoms with van der Waals surface area (Å²) in [4.78, 5) is 53.3. The van der Waals surface area contributed by atoms with E-state index < -0.39 is 30.4 Å². The fourth-order valence-corrected chi connectivity index (χ4v) is 3.99. The summed E-state index contributed by atoms with van der Waals surface area (Å²) in [6, 6.07) is 7.12. The largest absolute Gasteiger partial charge is 0.462 e. The number of anilines is 1. The number of rotatable bonds is 9. The van der Waals surface area contributed by atoms with Gasteiger partial charge >= 0.3 is 17.9 Å². The quantitative estimate of drug-likeness (QED) is 0.273. The van der Waals surface area contributed by atoms with Crippen LogP contribution < -0.4 is 5.32 Å². The SMILES string of the molecule is CCOC(=O)c1sc(NC(=O)COC(=O)/C=C/c2nc3ccccc3o2)c(C(=O)OCC)c1C. The minimum Gasteiger partial charge on any atom is -0.462 e. The zero-order valence-electron chi connectivity index (χ0n) is 18.7. The number of nitrogens with zero attached hydrogens (tertiary/aromatic N) is 1. The van der Waals surface area contributed by atoms with Crippen LogP contribution >= 0.6 is 11.3 Å². The number of esters is 3. The van der Waals surface area contributed by atoms with Gasteiger partial charge in [0.05, 0.1) is 18.8 Å². The lowest BCUT2D eigenvalue weighted by molar-refractivity contribution is -0.142. The molecule has 3 aromatic rings. The van der Waals surface area contributed by atoms with Crippen LogP contribution in [0.3, 0.4) is 0 Å². The van der Waals surface area contributed by atoms with E-state index in [0.717, 1.165) is 17.4 Å². The van der Waals surface area contributed by atoms with Crippen molar-refractivity contribution in [2.75, 3.05) is 25.1 Å². The van der Waals surface area contributed by atoms with Crippen LogP contribution in [0.15, 0.2) is 34.8 Å². The molecule has 2 aromatic heterocycles. The van der Waals surface area contributed by atoms with Gasteiger partial charge in [0.25, 0.3) is 5.91 Å². The van der Waals surface area contributed by atoms with E-state index in [0.29, 0.717) is 16.7 Å². The summed E-state index contributed by atoms with van der Waals surface area (Å²) < 4.78 is 20.4. The van der Waals surface area contributed by atoms with Crippen molar-refractivity contribution in [1.29, 1.82) is 0 Å². The van der Waals surface area contributed by atoms with Crippen molar-refractivity contribution in [3.8, 4) is 0 Å². The van der Waals surface area contributed by atoms with Crippen LogP contribution in [0, 0.1) is 6.92 Å². The molecule has 0 aliphatic heterocycles. The number of carbonyl (C=O) groups excluding carboxylic acids is 4. The molecule has 1 N–H and O–H groups in total. The second-order valence-corrected chi connectivity index (χ2v) is 7.73. The number of ether oxygens (including phenoxy) is 3. The van der Waals surface area contributed by atoms with Gasteiger partial charge in [0.15, 0.2) is 12.2 Å². The molecule has 0 fully saturated rings. The highest BCUT2D eigenvalue weighted by Crippen LogP contribution is 2.34. The minimum atomic E-state index is -0.794. The van der Waals surface area contributed by atoms with E-state index in [4.69, 9.17) is 18.6 Å². The van der Waals surface area contributed by atoms with Crippen LogP contribution in [0.25, 0.3) is 17.2 Å². The molecule has 11 heteroatoms. The zero-order chi connectivity index (χ0) is 24.7. The Hall–Kier alpha value is -3.99. The molecule has 0 saturated heterocycles. The molecule has 3 rings (SSSR count). The summed E-state index contributed by atoms with van der Waals surface area (Å²) in [5, 5.41) is 2.59. The molecule has 2 heterocycles. The van der Waals surface area contributed by atoms with Gasteiger partial charge in [0.1, 0.15) is 15.4 Å². The van der Waals surface area contributed by atoms with Gasteiger partial charge in [0.2, 0.25) is 5.89 Å². The first kappa shape index (κ1) is 24.6. The van der Waals surface area contributed by atoms with Gasteiger partial charge in [-0.2, -0.15) is 0 Å². The summed E-state index contributed by atoms with van der Waals surface area (Å²) in [7, 11) is 0. The van der Waals surface area contributed by atoms with E-state index in [1.165, 1.54) is 6.08 Å². The topological polar surface area (TPSA) is 134 Å². The molecule has 0 spiro atoms. The molecule has 0 unspecified atom stereocenters. The molecule has 10 nitrogen and oxygen atoms in total. The lowest BCUT2D eigenvalue weighted by Gasteiger charge is -2.07. The number of para-hydroxylation sites is 2. The second-order valence-electron chi connectivity index (χ2n) is 6.71. The molecular weight excluding hydrogens is 464 g/mol. The number of thiophene rings is 1. The number of benzene rings is 1. The van der Waals surface area contributed by atoms with Crippen molar-refractivity contribution in [2.45, 2.75) is 20.8 Å². The Kier molecular flexibility index (Phi) is 8.14. The number of fused-ring (bicyclic) bond motifs is 1. The summed E-state index contributed by atoms with van der Waals surface area (Å²) in [5.74, 6) is -2.60. The third-order valence-electron chi connectivity index (χ3n) is 4.36. The molecule has 1 amide bonds. The van der Waals surface area contributed by atoms with E-state index >= 15 is 0 Å². The number of aromatic nitrogens is 1. The van der Waals surface area contributed by atoms with E-state index in [1.54, 1.807) is 39.0 Å². The number of amides is 1. The fraction of sp³-hybridized carbons (Fsp3) is 0.261. The summed E-state index contributed by atoms with van der Waals surface area (Å²) >= 11 is 0.878. The van der Waals surface area contributed by atoms with Gasteiger partial charge in [-0.3, -0.25) is 4.79 Å². The maximum atomic E-state index is 12.4. The number of hydrogen-bond donors (Lipinski definition) is 1. The second kappa shape index (κ2) is 11.2. The highest BCUT2D eigenvalue weighted by molar-refractivity contribution is 7.18. The predicted octanol–water partition coefficient (Wildman–Crippen LogP) is 3.75. The van der Waals surface area contributed by atoms with Crippen LogP contribution in [-0.4, -0.2) is 48.6 Å². The van der Waals surface area contributed by atoms with Crippen molar-refractivity contribution < 1.29 is 37.8 Å². The lowest BCUT2D eigenvalue weighted by Crippen LogP contribution is -2.21. The zero-order valence-corrected chi connectivity index (χ0v) is 19.5. The third kappa shape index (κ3) is 5.87. The van der Waals surface area contributed by atoms with Crippen molar-refractivity contribution in [3.63, 3.8) is 0 Å². The van der Waals surface area contributed by atoms with Crippen LogP contribution in [0.1, 0.15) is 45.3 Å². The Morgan fingerprint density at radius 1 is 1.06 bits per heavy atom. The van der Waals surface area contributed by atoms with Gasteiger partial charge in [-0.25, -0.2) is 19.4 Å². The molecule has 34 heavy (non-hydrogen) atoms. The third-order valence-corrected chi connectivity index (χ3v) is 5.55. The standard InChI is InChI=1S/C23H22N2O8S/c1-4-30-22(28)19-13(3)20(23(29)31-5-2)34-21(19)25-16(26)12-32-18(27)11-10-17-24-14-8-6-7-9-15(14)33-17/h6-11H,4-5,12H2,1-3H3,(H,25,26)/b11-10+. The van der Waals surface area contributed by atoms with Gasteiger partial charge in [-0.05, 0) is 38.5 Å². The maximum Gasteiger partial charge on any atom is 0.348 e. The summed E-state index contributed by atoms with van der Waals surface area (Å²) in [5.41, 5.74) is 1.59.